The lowest BCUT2D eigenvalue weighted by atomic mass is 9.87. The van der Waals surface area contributed by atoms with Crippen LogP contribution < -0.4 is 4.74 Å². The van der Waals surface area contributed by atoms with E-state index in [1.165, 1.54) is 24.3 Å². The Bertz CT molecular complexity index is 1080. The molecular formula is C25H28F6N2O3. The highest BCUT2D eigenvalue weighted by Crippen LogP contribution is 2.43. The van der Waals surface area contributed by atoms with Crippen LogP contribution in [0.1, 0.15) is 56.2 Å². The number of alkyl halides is 6. The molecule has 0 unspecified atom stereocenters. The number of nitrogens with zero attached hydrogens (tertiary/aromatic N) is 2. The highest BCUT2D eigenvalue weighted by atomic mass is 19.4. The van der Waals surface area contributed by atoms with Gasteiger partial charge in [0.2, 0.25) is 0 Å². The van der Waals surface area contributed by atoms with Crippen LogP contribution in [0, 0.1) is 11.8 Å². The van der Waals surface area contributed by atoms with Gasteiger partial charge in [-0.05, 0) is 69.2 Å². The van der Waals surface area contributed by atoms with Crippen LogP contribution in [0.5, 0.6) is 5.75 Å². The van der Waals surface area contributed by atoms with Gasteiger partial charge in [-0.2, -0.15) is 26.3 Å². The molecule has 1 aromatic carbocycles. The number of benzene rings is 1. The molecule has 2 aliphatic rings. The van der Waals surface area contributed by atoms with Gasteiger partial charge in [-0.3, -0.25) is 14.7 Å². The Kier molecular flexibility index (Phi) is 7.68. The SMILES string of the molecule is O=C(O)C[C@@H]1CCCN(Cc2ccc3c(C(F)(F)F)c(OC4CCC(C(F)(F)F)CC4)ccc3n2)C1. The van der Waals surface area contributed by atoms with Gasteiger partial charge in [0.1, 0.15) is 11.3 Å². The molecule has 198 valence electrons. The van der Waals surface area contributed by atoms with Crippen molar-refractivity contribution >= 4 is 16.9 Å². The van der Waals surface area contributed by atoms with Crippen LogP contribution in [0.25, 0.3) is 10.9 Å². The van der Waals surface area contributed by atoms with E-state index < -0.39 is 41.7 Å². The van der Waals surface area contributed by atoms with Gasteiger partial charge in [0, 0.05) is 24.9 Å². The van der Waals surface area contributed by atoms with Crippen LogP contribution in [0.4, 0.5) is 26.3 Å². The van der Waals surface area contributed by atoms with Crippen molar-refractivity contribution in [1.82, 2.24) is 9.88 Å². The Balaban J connectivity index is 1.51. The molecule has 36 heavy (non-hydrogen) atoms. The minimum absolute atomic E-state index is 0.0273. The summed E-state index contributed by atoms with van der Waals surface area (Å²) in [6, 6.07) is 5.51. The molecular weight excluding hydrogens is 490 g/mol. The van der Waals surface area contributed by atoms with E-state index in [2.05, 4.69) is 9.88 Å². The fourth-order valence-electron chi connectivity index (χ4n) is 5.33. The molecule has 4 rings (SSSR count). The van der Waals surface area contributed by atoms with E-state index in [0.29, 0.717) is 18.8 Å². The van der Waals surface area contributed by atoms with Crippen LogP contribution in [-0.4, -0.2) is 46.3 Å². The van der Waals surface area contributed by atoms with Crippen molar-refractivity contribution in [3.63, 3.8) is 0 Å². The third-order valence-corrected chi connectivity index (χ3v) is 7.06. The highest BCUT2D eigenvalue weighted by Gasteiger charge is 2.43. The van der Waals surface area contributed by atoms with Gasteiger partial charge in [0.05, 0.1) is 23.2 Å². The Labute approximate surface area is 204 Å². The predicted octanol–water partition coefficient (Wildman–Crippen LogP) is 6.44. The van der Waals surface area contributed by atoms with Crippen LogP contribution in [0.2, 0.25) is 0 Å². The third-order valence-electron chi connectivity index (χ3n) is 7.06. The van der Waals surface area contributed by atoms with Gasteiger partial charge in [-0.25, -0.2) is 0 Å². The lowest BCUT2D eigenvalue weighted by Gasteiger charge is -2.32. The summed E-state index contributed by atoms with van der Waals surface area (Å²) in [7, 11) is 0. The van der Waals surface area contributed by atoms with Gasteiger partial charge in [0.15, 0.2) is 0 Å². The average Bonchev–Trinajstić information content (AvgIpc) is 2.78. The summed E-state index contributed by atoms with van der Waals surface area (Å²) in [6.45, 7) is 1.74. The molecule has 1 N–H and O–H groups in total. The Morgan fingerprint density at radius 2 is 1.75 bits per heavy atom. The highest BCUT2D eigenvalue weighted by molar-refractivity contribution is 5.85. The van der Waals surface area contributed by atoms with E-state index in [-0.39, 0.29) is 48.9 Å². The average molecular weight is 518 g/mol. The van der Waals surface area contributed by atoms with Gasteiger partial charge >= 0.3 is 18.3 Å². The summed E-state index contributed by atoms with van der Waals surface area (Å²) in [5.74, 6) is -2.67. The number of aromatic nitrogens is 1. The van der Waals surface area contributed by atoms with E-state index >= 15 is 0 Å². The zero-order valence-corrected chi connectivity index (χ0v) is 19.5. The predicted molar refractivity (Wildman–Crippen MR) is 119 cm³/mol. The number of aliphatic carboxylic acids is 1. The van der Waals surface area contributed by atoms with Crippen LogP contribution in [0.3, 0.4) is 0 Å². The number of carboxylic acids is 1. The second kappa shape index (κ2) is 10.4. The van der Waals surface area contributed by atoms with Crippen LogP contribution in [0.15, 0.2) is 24.3 Å². The summed E-state index contributed by atoms with van der Waals surface area (Å²) in [5.41, 5.74) is -0.255. The maximum absolute atomic E-state index is 14.1. The number of hydrogen-bond acceptors (Lipinski definition) is 4. The van der Waals surface area contributed by atoms with Crippen molar-refractivity contribution in [3.05, 3.63) is 35.5 Å². The lowest BCUT2D eigenvalue weighted by Crippen LogP contribution is -2.36. The molecule has 0 amide bonds. The van der Waals surface area contributed by atoms with E-state index in [9.17, 15) is 31.1 Å². The quantitative estimate of drug-likeness (QED) is 0.446. The number of carbonyl (C=O) groups is 1. The maximum atomic E-state index is 14.1. The largest absolute Gasteiger partial charge is 0.490 e. The first-order valence-corrected chi connectivity index (χ1v) is 12.1. The molecule has 11 heteroatoms. The number of hydrogen-bond donors (Lipinski definition) is 1. The van der Waals surface area contributed by atoms with Crippen molar-refractivity contribution < 1.29 is 41.0 Å². The van der Waals surface area contributed by atoms with Gasteiger partial charge in [-0.1, -0.05) is 6.07 Å². The van der Waals surface area contributed by atoms with Crippen molar-refractivity contribution in [1.29, 1.82) is 0 Å². The first-order chi connectivity index (χ1) is 16.9. The van der Waals surface area contributed by atoms with E-state index in [4.69, 9.17) is 9.84 Å². The molecule has 1 saturated heterocycles. The Morgan fingerprint density at radius 3 is 2.39 bits per heavy atom. The zero-order valence-electron chi connectivity index (χ0n) is 19.5. The minimum Gasteiger partial charge on any atom is -0.490 e. The number of halogens is 6. The number of ether oxygens (including phenoxy) is 1. The number of piperidine rings is 1. The normalized spacial score (nSPS) is 24.1. The topological polar surface area (TPSA) is 62.7 Å². The van der Waals surface area contributed by atoms with Crippen molar-refractivity contribution in [2.45, 2.75) is 69.9 Å². The summed E-state index contributed by atoms with van der Waals surface area (Å²) in [4.78, 5) is 17.5. The summed E-state index contributed by atoms with van der Waals surface area (Å²) in [5, 5.41) is 8.91. The van der Waals surface area contributed by atoms with Crippen molar-refractivity contribution in [2.75, 3.05) is 13.1 Å². The van der Waals surface area contributed by atoms with E-state index in [1.807, 2.05) is 0 Å². The molecule has 5 nitrogen and oxygen atoms in total. The summed E-state index contributed by atoms with van der Waals surface area (Å²) < 4.78 is 86.5. The fraction of sp³-hybridized carbons (Fsp3) is 0.600. The molecule has 2 heterocycles. The van der Waals surface area contributed by atoms with Crippen molar-refractivity contribution in [2.24, 2.45) is 11.8 Å². The van der Waals surface area contributed by atoms with Gasteiger partial charge in [-0.15, -0.1) is 0 Å². The minimum atomic E-state index is -4.74. The Hall–Kier alpha value is -2.56. The second-order valence-corrected chi connectivity index (χ2v) is 9.78. The molecule has 1 atom stereocenters. The van der Waals surface area contributed by atoms with E-state index in [1.54, 1.807) is 0 Å². The first kappa shape index (κ1) is 26.5. The molecule has 0 spiro atoms. The maximum Gasteiger partial charge on any atom is 0.420 e. The number of rotatable bonds is 6. The van der Waals surface area contributed by atoms with Gasteiger partial charge < -0.3 is 9.84 Å². The molecule has 2 fully saturated rings. The standard InChI is InChI=1S/C25H28F6N2O3/c26-24(27,28)16-3-6-18(7-4-16)36-21-10-9-20-19(23(21)25(29,30)31)8-5-17(32-20)14-33-11-1-2-15(13-33)12-22(34)35/h5,8-10,15-16,18H,1-4,6-7,11-14H2,(H,34,35)/t15-,16?,18?/m0/s1. The lowest BCUT2D eigenvalue weighted by molar-refractivity contribution is -0.185. The van der Waals surface area contributed by atoms with E-state index in [0.717, 1.165) is 19.4 Å². The number of likely N-dealkylation sites (tertiary alicyclic amines) is 1. The molecule has 1 aliphatic carbocycles. The number of pyridine rings is 1. The van der Waals surface area contributed by atoms with Crippen LogP contribution >= 0.6 is 0 Å². The molecule has 1 aliphatic heterocycles. The zero-order chi connectivity index (χ0) is 26.1. The van der Waals surface area contributed by atoms with Crippen LogP contribution in [-0.2, 0) is 17.5 Å². The second-order valence-electron chi connectivity index (χ2n) is 9.78. The fourth-order valence-corrected chi connectivity index (χ4v) is 5.33. The van der Waals surface area contributed by atoms with Gasteiger partial charge in [0.25, 0.3) is 0 Å². The van der Waals surface area contributed by atoms with Crippen molar-refractivity contribution in [3.8, 4) is 5.75 Å². The molecule has 1 saturated carbocycles. The summed E-state index contributed by atoms with van der Waals surface area (Å²) >= 11 is 0. The molecule has 2 aromatic rings. The molecule has 0 bridgehead atoms. The Morgan fingerprint density at radius 1 is 1.03 bits per heavy atom. The molecule has 0 radical (unpaired) electrons. The molecule has 1 aromatic heterocycles. The number of carboxylic acid groups (broad SMARTS) is 1. The smallest absolute Gasteiger partial charge is 0.420 e. The summed E-state index contributed by atoms with van der Waals surface area (Å²) in [6.07, 6.45) is -8.28. The monoisotopic (exact) mass is 518 g/mol. The number of fused-ring (bicyclic) bond motifs is 1. The first-order valence-electron chi connectivity index (χ1n) is 12.1. The third kappa shape index (κ3) is 6.41.